The van der Waals surface area contributed by atoms with Crippen molar-refractivity contribution in [1.29, 1.82) is 5.26 Å². The van der Waals surface area contributed by atoms with Crippen LogP contribution in [0.4, 0.5) is 18.9 Å². The zero-order valence-corrected chi connectivity index (χ0v) is 9.86. The van der Waals surface area contributed by atoms with Gasteiger partial charge in [-0.15, -0.1) is 0 Å². The number of anilines is 1. The van der Waals surface area contributed by atoms with Crippen molar-refractivity contribution in [3.63, 3.8) is 0 Å². The molecule has 0 spiro atoms. The monoisotopic (exact) mass is 280 g/mol. The maximum absolute atomic E-state index is 12.9. The molecule has 1 N–H and O–H groups in total. The summed E-state index contributed by atoms with van der Waals surface area (Å²) >= 11 is 0. The number of alkyl halides is 3. The van der Waals surface area contributed by atoms with Gasteiger partial charge in [-0.05, 0) is 30.3 Å². The smallest absolute Gasteiger partial charge is 0.418 e. The van der Waals surface area contributed by atoms with Gasteiger partial charge in [0.05, 0.1) is 29.1 Å². The minimum atomic E-state index is -4.68. The van der Waals surface area contributed by atoms with Gasteiger partial charge in [-0.1, -0.05) is 0 Å². The molecule has 0 fully saturated rings. The summed E-state index contributed by atoms with van der Waals surface area (Å²) in [5.74, 6) is -0.910. The highest BCUT2D eigenvalue weighted by atomic mass is 19.4. The minimum Gasteiger partial charge on any atom is -0.459 e. The van der Waals surface area contributed by atoms with Crippen molar-refractivity contribution in [2.45, 2.75) is 6.18 Å². The number of halogens is 3. The Labute approximate surface area is 111 Å². The van der Waals surface area contributed by atoms with Gasteiger partial charge in [0.15, 0.2) is 5.76 Å². The Morgan fingerprint density at radius 3 is 2.60 bits per heavy atom. The second kappa shape index (κ2) is 5.09. The molecular weight excluding hydrogens is 273 g/mol. The molecule has 4 nitrogen and oxygen atoms in total. The Morgan fingerprint density at radius 2 is 2.05 bits per heavy atom. The number of furan rings is 1. The van der Waals surface area contributed by atoms with Crippen molar-refractivity contribution < 1.29 is 22.4 Å². The number of hydrogen-bond donors (Lipinski definition) is 1. The predicted octanol–water partition coefficient (Wildman–Crippen LogP) is 3.42. The molecule has 1 aromatic heterocycles. The summed E-state index contributed by atoms with van der Waals surface area (Å²) < 4.78 is 43.4. The Bertz CT molecular complexity index is 670. The lowest BCUT2D eigenvalue weighted by molar-refractivity contribution is -0.136. The van der Waals surface area contributed by atoms with E-state index in [0.717, 1.165) is 6.07 Å². The Balaban J connectivity index is 2.37. The Hall–Kier alpha value is -2.75. The van der Waals surface area contributed by atoms with Gasteiger partial charge in [-0.2, -0.15) is 18.4 Å². The zero-order valence-electron chi connectivity index (χ0n) is 9.86. The molecule has 2 aromatic rings. The molecule has 0 aliphatic carbocycles. The van der Waals surface area contributed by atoms with E-state index in [1.807, 2.05) is 0 Å². The Morgan fingerprint density at radius 1 is 1.30 bits per heavy atom. The van der Waals surface area contributed by atoms with E-state index in [4.69, 9.17) is 9.68 Å². The second-order valence-corrected chi connectivity index (χ2v) is 3.80. The van der Waals surface area contributed by atoms with Crippen molar-refractivity contribution in [2.24, 2.45) is 0 Å². The summed E-state index contributed by atoms with van der Waals surface area (Å²) in [6, 6.07) is 7.28. The normalized spacial score (nSPS) is 10.9. The lowest BCUT2D eigenvalue weighted by Gasteiger charge is -2.13. The fraction of sp³-hybridized carbons (Fsp3) is 0.0769. The fourth-order valence-electron chi connectivity index (χ4n) is 1.55. The van der Waals surface area contributed by atoms with E-state index in [0.29, 0.717) is 6.07 Å². The summed E-state index contributed by atoms with van der Waals surface area (Å²) in [7, 11) is 0. The summed E-state index contributed by atoms with van der Waals surface area (Å²) in [5, 5.41) is 10.7. The third kappa shape index (κ3) is 2.80. The number of hydrogen-bond acceptors (Lipinski definition) is 3. The van der Waals surface area contributed by atoms with E-state index in [1.165, 1.54) is 24.5 Å². The fourth-order valence-corrected chi connectivity index (χ4v) is 1.55. The highest BCUT2D eigenvalue weighted by Crippen LogP contribution is 2.35. The van der Waals surface area contributed by atoms with Crippen molar-refractivity contribution in [1.82, 2.24) is 0 Å². The van der Waals surface area contributed by atoms with Crippen molar-refractivity contribution in [3.8, 4) is 6.07 Å². The molecule has 0 unspecified atom stereocenters. The maximum atomic E-state index is 12.9. The van der Waals surface area contributed by atoms with E-state index < -0.39 is 23.3 Å². The van der Waals surface area contributed by atoms with Crippen molar-refractivity contribution in [2.75, 3.05) is 5.32 Å². The summed E-state index contributed by atoms with van der Waals surface area (Å²) in [4.78, 5) is 11.7. The summed E-state index contributed by atoms with van der Waals surface area (Å²) in [6.07, 6.45) is -3.45. The molecule has 0 radical (unpaired) electrons. The number of carbonyl (C=O) groups excluding carboxylic acids is 1. The molecule has 0 saturated heterocycles. The van der Waals surface area contributed by atoms with Crippen LogP contribution in [0, 0.1) is 11.3 Å². The van der Waals surface area contributed by atoms with Gasteiger partial charge in [0.1, 0.15) is 0 Å². The number of nitrogens with zero attached hydrogens (tertiary/aromatic N) is 1. The highest BCUT2D eigenvalue weighted by Gasteiger charge is 2.34. The lowest BCUT2D eigenvalue weighted by Crippen LogP contribution is -2.16. The van der Waals surface area contributed by atoms with E-state index in [9.17, 15) is 18.0 Å². The van der Waals surface area contributed by atoms with Gasteiger partial charge in [0.25, 0.3) is 5.91 Å². The van der Waals surface area contributed by atoms with Crippen LogP contribution in [-0.4, -0.2) is 5.91 Å². The standard InChI is InChI=1S/C13H7F3N2O2/c14-13(15,16)9-6-8(7-17)3-4-10(9)18-12(19)11-2-1-5-20-11/h1-6H,(H,18,19). The van der Waals surface area contributed by atoms with Crippen LogP contribution in [0.2, 0.25) is 0 Å². The van der Waals surface area contributed by atoms with Crippen LogP contribution in [0.5, 0.6) is 0 Å². The molecule has 1 amide bonds. The SMILES string of the molecule is N#Cc1ccc(NC(=O)c2ccco2)c(C(F)(F)F)c1. The quantitative estimate of drug-likeness (QED) is 0.916. The van der Waals surface area contributed by atoms with E-state index >= 15 is 0 Å². The highest BCUT2D eigenvalue weighted by molar-refractivity contribution is 6.02. The van der Waals surface area contributed by atoms with Crippen LogP contribution in [0.25, 0.3) is 0 Å². The Kier molecular flexibility index (Phi) is 3.48. The molecule has 0 atom stereocenters. The molecule has 1 heterocycles. The van der Waals surface area contributed by atoms with Gasteiger partial charge in [-0.25, -0.2) is 0 Å². The van der Waals surface area contributed by atoms with Crippen molar-refractivity contribution in [3.05, 3.63) is 53.5 Å². The third-order valence-electron chi connectivity index (χ3n) is 2.45. The first-order valence-electron chi connectivity index (χ1n) is 5.38. The molecule has 1 aromatic carbocycles. The molecule has 20 heavy (non-hydrogen) atoms. The van der Waals surface area contributed by atoms with Crippen LogP contribution < -0.4 is 5.32 Å². The predicted molar refractivity (Wildman–Crippen MR) is 62.8 cm³/mol. The van der Waals surface area contributed by atoms with Crippen LogP contribution in [0.1, 0.15) is 21.7 Å². The molecule has 2 rings (SSSR count). The number of benzene rings is 1. The molecule has 7 heteroatoms. The van der Waals surface area contributed by atoms with Crippen LogP contribution in [-0.2, 0) is 6.18 Å². The number of nitrogens with one attached hydrogen (secondary N) is 1. The van der Waals surface area contributed by atoms with Gasteiger partial charge in [0, 0.05) is 0 Å². The molecule has 0 aliphatic rings. The first-order valence-corrected chi connectivity index (χ1v) is 5.38. The third-order valence-corrected chi connectivity index (χ3v) is 2.45. The second-order valence-electron chi connectivity index (χ2n) is 3.80. The van der Waals surface area contributed by atoms with Gasteiger partial charge < -0.3 is 9.73 Å². The van der Waals surface area contributed by atoms with Crippen LogP contribution in [0.3, 0.4) is 0 Å². The maximum Gasteiger partial charge on any atom is 0.418 e. The molecular formula is C13H7F3N2O2. The van der Waals surface area contributed by atoms with Gasteiger partial charge in [0.2, 0.25) is 0 Å². The molecule has 0 aliphatic heterocycles. The van der Waals surface area contributed by atoms with Gasteiger partial charge >= 0.3 is 6.18 Å². The van der Waals surface area contributed by atoms with E-state index in [2.05, 4.69) is 5.32 Å². The molecule has 0 bridgehead atoms. The van der Waals surface area contributed by atoms with Crippen molar-refractivity contribution >= 4 is 11.6 Å². The zero-order chi connectivity index (χ0) is 14.8. The first kappa shape index (κ1) is 13.7. The molecule has 102 valence electrons. The molecule has 0 saturated carbocycles. The van der Waals surface area contributed by atoms with Crippen LogP contribution >= 0.6 is 0 Å². The van der Waals surface area contributed by atoms with E-state index in [1.54, 1.807) is 6.07 Å². The van der Waals surface area contributed by atoms with E-state index in [-0.39, 0.29) is 11.3 Å². The number of amides is 1. The number of rotatable bonds is 2. The average Bonchev–Trinajstić information content (AvgIpc) is 2.91. The number of carbonyl (C=O) groups is 1. The largest absolute Gasteiger partial charge is 0.459 e. The average molecular weight is 280 g/mol. The number of nitriles is 1. The summed E-state index contributed by atoms with van der Waals surface area (Å²) in [5.41, 5.74) is -1.66. The lowest BCUT2D eigenvalue weighted by atomic mass is 10.1. The first-order chi connectivity index (χ1) is 9.41. The topological polar surface area (TPSA) is 66.0 Å². The van der Waals surface area contributed by atoms with Gasteiger partial charge in [-0.3, -0.25) is 4.79 Å². The summed E-state index contributed by atoms with van der Waals surface area (Å²) in [6.45, 7) is 0. The van der Waals surface area contributed by atoms with Crippen LogP contribution in [0.15, 0.2) is 41.0 Å². The minimum absolute atomic E-state index is 0.109.